The molecule has 0 spiro atoms. The van der Waals surface area contributed by atoms with Gasteiger partial charge < -0.3 is 10.6 Å². The Morgan fingerprint density at radius 3 is 2.18 bits per heavy atom. The fourth-order valence-corrected chi connectivity index (χ4v) is 2.09. The average Bonchev–Trinajstić information content (AvgIpc) is 2.46. The number of hydrogen-bond acceptors (Lipinski definition) is 2. The van der Waals surface area contributed by atoms with Crippen LogP contribution in [0, 0.1) is 20.8 Å². The lowest BCUT2D eigenvalue weighted by molar-refractivity contribution is -0.133. The predicted octanol–water partition coefficient (Wildman–Crippen LogP) is 3.84. The topological polar surface area (TPSA) is 58.2 Å². The number of hydrogen-bond donors (Lipinski definition) is 2. The number of carbonyl (C=O) groups excluding carboxylic acids is 2. The number of aryl methyl sites for hydroxylation is 3. The maximum absolute atomic E-state index is 12.0. The van der Waals surface area contributed by atoms with Crippen molar-refractivity contribution in [2.45, 2.75) is 20.8 Å². The summed E-state index contributed by atoms with van der Waals surface area (Å²) in [6.07, 6.45) is 0. The summed E-state index contributed by atoms with van der Waals surface area (Å²) in [4.78, 5) is 23.9. The van der Waals surface area contributed by atoms with Crippen molar-refractivity contribution in [2.24, 2.45) is 0 Å². The Balaban J connectivity index is 2.07. The van der Waals surface area contributed by atoms with Crippen LogP contribution in [-0.4, -0.2) is 11.8 Å². The van der Waals surface area contributed by atoms with Gasteiger partial charge in [0, 0.05) is 16.4 Å². The van der Waals surface area contributed by atoms with Crippen LogP contribution < -0.4 is 10.6 Å². The number of carbonyl (C=O) groups is 2. The van der Waals surface area contributed by atoms with Crippen LogP contribution >= 0.6 is 11.6 Å². The second-order valence-corrected chi connectivity index (χ2v) is 5.60. The highest BCUT2D eigenvalue weighted by Gasteiger charge is 2.15. The van der Waals surface area contributed by atoms with Crippen LogP contribution in [-0.2, 0) is 9.59 Å². The molecule has 2 rings (SSSR count). The maximum Gasteiger partial charge on any atom is 0.314 e. The third-order valence-electron chi connectivity index (χ3n) is 3.28. The molecular formula is C17H17ClN2O2. The third-order valence-corrected chi connectivity index (χ3v) is 3.68. The molecule has 0 saturated heterocycles. The third kappa shape index (κ3) is 3.86. The molecule has 4 nitrogen and oxygen atoms in total. The molecule has 114 valence electrons. The van der Waals surface area contributed by atoms with Crippen LogP contribution in [0.15, 0.2) is 36.4 Å². The first-order valence-corrected chi connectivity index (χ1v) is 7.20. The lowest BCUT2D eigenvalue weighted by atomic mass is 10.1. The van der Waals surface area contributed by atoms with Gasteiger partial charge in [0.1, 0.15) is 0 Å². The largest absolute Gasteiger partial charge is 0.318 e. The highest BCUT2D eigenvalue weighted by atomic mass is 35.5. The van der Waals surface area contributed by atoms with Gasteiger partial charge in [-0.3, -0.25) is 9.59 Å². The lowest BCUT2D eigenvalue weighted by Crippen LogP contribution is -2.29. The van der Waals surface area contributed by atoms with Gasteiger partial charge in [-0.1, -0.05) is 29.8 Å². The number of amides is 2. The molecule has 0 atom stereocenters. The summed E-state index contributed by atoms with van der Waals surface area (Å²) < 4.78 is 0. The summed E-state index contributed by atoms with van der Waals surface area (Å²) in [5.41, 5.74) is 3.91. The van der Waals surface area contributed by atoms with E-state index in [-0.39, 0.29) is 0 Å². The van der Waals surface area contributed by atoms with Crippen molar-refractivity contribution < 1.29 is 9.59 Å². The summed E-state index contributed by atoms with van der Waals surface area (Å²) in [5, 5.41) is 5.68. The van der Waals surface area contributed by atoms with Crippen LogP contribution in [0.25, 0.3) is 0 Å². The molecule has 0 aromatic heterocycles. The van der Waals surface area contributed by atoms with Gasteiger partial charge in [0.25, 0.3) is 0 Å². The van der Waals surface area contributed by atoms with Crippen molar-refractivity contribution in [1.29, 1.82) is 0 Å². The normalized spacial score (nSPS) is 10.2. The molecular weight excluding hydrogens is 300 g/mol. The molecule has 0 aliphatic carbocycles. The first-order valence-electron chi connectivity index (χ1n) is 6.82. The monoisotopic (exact) mass is 316 g/mol. The molecule has 0 aliphatic heterocycles. The molecule has 0 heterocycles. The van der Waals surface area contributed by atoms with Gasteiger partial charge in [0.05, 0.1) is 0 Å². The van der Waals surface area contributed by atoms with E-state index in [4.69, 9.17) is 11.6 Å². The van der Waals surface area contributed by atoms with Crippen LogP contribution in [0.1, 0.15) is 16.7 Å². The van der Waals surface area contributed by atoms with Crippen molar-refractivity contribution in [2.75, 3.05) is 10.6 Å². The van der Waals surface area contributed by atoms with Crippen molar-refractivity contribution in [3.63, 3.8) is 0 Å². The molecule has 22 heavy (non-hydrogen) atoms. The Hall–Kier alpha value is -2.33. The summed E-state index contributed by atoms with van der Waals surface area (Å²) in [5.74, 6) is -1.45. The van der Waals surface area contributed by atoms with Crippen LogP contribution in [0.4, 0.5) is 11.4 Å². The molecule has 0 bridgehead atoms. The smallest absolute Gasteiger partial charge is 0.314 e. The summed E-state index contributed by atoms with van der Waals surface area (Å²) >= 11 is 5.99. The molecule has 0 aliphatic rings. The zero-order valence-electron chi connectivity index (χ0n) is 12.7. The van der Waals surface area contributed by atoms with E-state index in [1.54, 1.807) is 18.2 Å². The fraction of sp³-hybridized carbons (Fsp3) is 0.176. The molecule has 2 amide bonds. The average molecular weight is 317 g/mol. The first-order chi connectivity index (χ1) is 10.4. The van der Waals surface area contributed by atoms with Gasteiger partial charge in [-0.25, -0.2) is 0 Å². The number of rotatable bonds is 2. The molecule has 0 fully saturated rings. The van der Waals surface area contributed by atoms with Crippen LogP contribution in [0.5, 0.6) is 0 Å². The first kappa shape index (κ1) is 16.0. The van der Waals surface area contributed by atoms with Crippen molar-refractivity contribution in [1.82, 2.24) is 0 Å². The highest BCUT2D eigenvalue weighted by Crippen LogP contribution is 2.20. The molecule has 2 N–H and O–H groups in total. The van der Waals surface area contributed by atoms with Crippen molar-refractivity contribution in [3.8, 4) is 0 Å². The fourth-order valence-electron chi connectivity index (χ4n) is 1.91. The number of benzene rings is 2. The maximum atomic E-state index is 12.0. The van der Waals surface area contributed by atoms with E-state index >= 15 is 0 Å². The van der Waals surface area contributed by atoms with Gasteiger partial charge in [0.15, 0.2) is 0 Å². The number of halogens is 1. The Labute approximate surface area is 134 Å². The van der Waals surface area contributed by atoms with E-state index in [1.165, 1.54) is 0 Å². The van der Waals surface area contributed by atoms with E-state index in [1.807, 2.05) is 39.0 Å². The van der Waals surface area contributed by atoms with E-state index in [0.717, 1.165) is 16.7 Å². The van der Waals surface area contributed by atoms with Crippen molar-refractivity contribution >= 4 is 34.8 Å². The zero-order valence-corrected chi connectivity index (χ0v) is 13.4. The van der Waals surface area contributed by atoms with E-state index in [0.29, 0.717) is 16.4 Å². The highest BCUT2D eigenvalue weighted by molar-refractivity contribution is 6.43. The summed E-state index contributed by atoms with van der Waals surface area (Å²) in [6.45, 7) is 5.65. The van der Waals surface area contributed by atoms with Gasteiger partial charge in [-0.2, -0.15) is 0 Å². The second-order valence-electron chi connectivity index (χ2n) is 5.19. The Kier molecular flexibility index (Phi) is 4.83. The summed E-state index contributed by atoms with van der Waals surface area (Å²) in [6, 6.07) is 10.7. The van der Waals surface area contributed by atoms with Crippen molar-refractivity contribution in [3.05, 3.63) is 58.1 Å². The lowest BCUT2D eigenvalue weighted by Gasteiger charge is -2.10. The Bertz CT molecular complexity index is 741. The molecule has 0 unspecified atom stereocenters. The van der Waals surface area contributed by atoms with E-state index in [9.17, 15) is 9.59 Å². The number of anilines is 2. The predicted molar refractivity (Wildman–Crippen MR) is 89.4 cm³/mol. The Morgan fingerprint density at radius 2 is 1.50 bits per heavy atom. The second kappa shape index (κ2) is 6.62. The SMILES string of the molecule is Cc1ccc(C)c(NC(=O)C(=O)Nc2ccc(C)c(Cl)c2)c1. The van der Waals surface area contributed by atoms with E-state index < -0.39 is 11.8 Å². The minimum Gasteiger partial charge on any atom is -0.318 e. The van der Waals surface area contributed by atoms with E-state index in [2.05, 4.69) is 10.6 Å². The summed E-state index contributed by atoms with van der Waals surface area (Å²) in [7, 11) is 0. The minimum absolute atomic E-state index is 0.483. The number of nitrogens with one attached hydrogen (secondary N) is 2. The van der Waals surface area contributed by atoms with Gasteiger partial charge in [-0.15, -0.1) is 0 Å². The quantitative estimate of drug-likeness (QED) is 0.827. The molecule has 0 saturated carbocycles. The standard InChI is InChI=1S/C17H17ClN2O2/c1-10-4-5-12(3)15(8-10)20-17(22)16(21)19-13-7-6-11(2)14(18)9-13/h4-9H,1-3H3,(H,19,21)(H,20,22). The zero-order chi connectivity index (χ0) is 16.3. The van der Waals surface area contributed by atoms with Gasteiger partial charge in [0.2, 0.25) is 0 Å². The molecule has 0 radical (unpaired) electrons. The Morgan fingerprint density at radius 1 is 0.864 bits per heavy atom. The van der Waals surface area contributed by atoms with Crippen LogP contribution in [0.3, 0.4) is 0 Å². The molecule has 2 aromatic carbocycles. The van der Waals surface area contributed by atoms with Gasteiger partial charge >= 0.3 is 11.8 Å². The minimum atomic E-state index is -0.735. The molecule has 2 aromatic rings. The van der Waals surface area contributed by atoms with Crippen LogP contribution in [0.2, 0.25) is 5.02 Å². The molecule has 5 heteroatoms. The van der Waals surface area contributed by atoms with Gasteiger partial charge in [-0.05, 0) is 55.7 Å².